The predicted molar refractivity (Wildman–Crippen MR) is 98.4 cm³/mol. The largest absolute Gasteiger partial charge is 0.465 e. The number of ether oxygens (including phenoxy) is 1. The number of hydrogen-bond acceptors (Lipinski definition) is 7. The number of fused-ring (bicyclic) bond motifs is 2. The number of piperidine rings is 1. The fourth-order valence-electron chi connectivity index (χ4n) is 3.99. The lowest BCUT2D eigenvalue weighted by Crippen LogP contribution is -2.40. The van der Waals surface area contributed by atoms with Gasteiger partial charge in [0.15, 0.2) is 5.82 Å². The Bertz CT molecular complexity index is 864. The van der Waals surface area contributed by atoms with Crippen LogP contribution in [0.4, 0.5) is 11.5 Å². The molecule has 3 aliphatic rings. The molecule has 7 heteroatoms. The van der Waals surface area contributed by atoms with Crippen molar-refractivity contribution in [1.82, 2.24) is 14.9 Å². The fourth-order valence-corrected chi connectivity index (χ4v) is 4.86. The third kappa shape index (κ3) is 2.95. The molecule has 1 aromatic carbocycles. The number of anilines is 2. The Kier molecular flexibility index (Phi) is 3.86. The molecular weight excluding hydrogens is 348 g/mol. The minimum absolute atomic E-state index is 0.0277. The van der Waals surface area contributed by atoms with E-state index in [0.717, 1.165) is 49.0 Å². The van der Waals surface area contributed by atoms with Crippen LogP contribution >= 0.6 is 11.8 Å². The van der Waals surface area contributed by atoms with Crippen molar-refractivity contribution >= 4 is 29.2 Å². The number of aromatic nitrogens is 2. The summed E-state index contributed by atoms with van der Waals surface area (Å²) in [5.41, 5.74) is 2.49. The second-order valence-electron chi connectivity index (χ2n) is 7.38. The van der Waals surface area contributed by atoms with E-state index in [1.807, 2.05) is 0 Å². The molecule has 0 aliphatic carbocycles. The van der Waals surface area contributed by atoms with Gasteiger partial charge in [0.2, 0.25) is 0 Å². The Balaban J connectivity index is 1.26. The number of cyclic esters (lactones) is 1. The summed E-state index contributed by atoms with van der Waals surface area (Å²) in [4.78, 5) is 23.8. The van der Waals surface area contributed by atoms with Crippen LogP contribution in [0.15, 0.2) is 40.5 Å². The number of likely N-dealkylation sites (tertiary alicyclic amines) is 1. The van der Waals surface area contributed by atoms with Gasteiger partial charge in [-0.25, -0.2) is 9.97 Å². The van der Waals surface area contributed by atoms with Crippen LogP contribution in [0.25, 0.3) is 0 Å². The number of carbonyl (C=O) groups is 1. The fraction of sp³-hybridized carbons (Fsp3) is 0.421. The van der Waals surface area contributed by atoms with E-state index in [0.29, 0.717) is 13.0 Å². The van der Waals surface area contributed by atoms with Gasteiger partial charge in [-0.15, -0.1) is 0 Å². The highest BCUT2D eigenvalue weighted by atomic mass is 32.2. The lowest BCUT2D eigenvalue weighted by molar-refractivity contribution is -0.137. The number of esters is 1. The number of nitrogens with one attached hydrogen (secondary N) is 1. The molecule has 2 fully saturated rings. The first kappa shape index (κ1) is 16.1. The van der Waals surface area contributed by atoms with E-state index in [4.69, 9.17) is 4.74 Å². The molecule has 3 aliphatic heterocycles. The van der Waals surface area contributed by atoms with Gasteiger partial charge in [0.25, 0.3) is 0 Å². The van der Waals surface area contributed by atoms with Gasteiger partial charge in [-0.3, -0.25) is 9.69 Å². The molecule has 2 saturated heterocycles. The van der Waals surface area contributed by atoms with Crippen molar-refractivity contribution in [3.05, 3.63) is 36.2 Å². The summed E-state index contributed by atoms with van der Waals surface area (Å²) in [5.74, 6) is 0.799. The molecule has 1 spiro atoms. The third-order valence-electron chi connectivity index (χ3n) is 5.55. The van der Waals surface area contributed by atoms with Gasteiger partial charge in [-0.2, -0.15) is 0 Å². The van der Waals surface area contributed by atoms with Crippen LogP contribution in [0.1, 0.15) is 24.8 Å². The van der Waals surface area contributed by atoms with Gasteiger partial charge >= 0.3 is 5.97 Å². The molecular formula is C19H20N4O2S. The van der Waals surface area contributed by atoms with Crippen molar-refractivity contribution in [3.8, 4) is 0 Å². The molecule has 1 aromatic heterocycles. The molecule has 0 bridgehead atoms. The van der Waals surface area contributed by atoms with Crippen LogP contribution in [0.2, 0.25) is 0 Å². The zero-order chi connectivity index (χ0) is 17.6. The van der Waals surface area contributed by atoms with Gasteiger partial charge in [-0.1, -0.05) is 17.8 Å². The Morgan fingerprint density at radius 1 is 1.23 bits per heavy atom. The van der Waals surface area contributed by atoms with Crippen molar-refractivity contribution in [2.75, 3.05) is 25.0 Å². The van der Waals surface area contributed by atoms with Crippen molar-refractivity contribution in [1.29, 1.82) is 0 Å². The molecule has 1 N–H and O–H groups in total. The topological polar surface area (TPSA) is 67.4 Å². The smallest absolute Gasteiger partial charge is 0.306 e. The maximum absolute atomic E-state index is 11.5. The van der Waals surface area contributed by atoms with E-state index in [1.165, 1.54) is 10.5 Å². The zero-order valence-corrected chi connectivity index (χ0v) is 15.2. The quantitative estimate of drug-likeness (QED) is 0.697. The number of nitrogens with zero attached hydrogens (tertiary/aromatic N) is 3. The average Bonchev–Trinajstić information content (AvgIpc) is 3.02. The molecule has 6 nitrogen and oxygen atoms in total. The van der Waals surface area contributed by atoms with Crippen molar-refractivity contribution in [3.63, 3.8) is 0 Å². The Morgan fingerprint density at radius 2 is 2.08 bits per heavy atom. The summed E-state index contributed by atoms with van der Waals surface area (Å²) in [6.45, 7) is 3.58. The van der Waals surface area contributed by atoms with Crippen LogP contribution in [-0.2, 0) is 16.1 Å². The van der Waals surface area contributed by atoms with Crippen molar-refractivity contribution in [2.45, 2.75) is 35.7 Å². The lowest BCUT2D eigenvalue weighted by atomic mass is 9.78. The normalized spacial score (nSPS) is 21.0. The van der Waals surface area contributed by atoms with E-state index in [2.05, 4.69) is 38.4 Å². The standard InChI is InChI=1S/C19H20N4O2S/c24-16-10-19(12-25-16)3-7-23(8-4-19)11-13-1-2-15-14(9-13)22-17-18(26-15)21-6-5-20-17/h1-2,5-6,9H,3-4,7-8,10-12H2,(H,20,22). The lowest BCUT2D eigenvalue weighted by Gasteiger charge is -2.37. The molecule has 2 aromatic rings. The summed E-state index contributed by atoms with van der Waals surface area (Å²) in [5, 5.41) is 4.31. The monoisotopic (exact) mass is 368 g/mol. The Morgan fingerprint density at radius 3 is 2.88 bits per heavy atom. The van der Waals surface area contributed by atoms with Crippen molar-refractivity contribution in [2.24, 2.45) is 5.41 Å². The molecule has 0 unspecified atom stereocenters. The maximum Gasteiger partial charge on any atom is 0.306 e. The Hall–Kier alpha value is -2.12. The van der Waals surface area contributed by atoms with Crippen LogP contribution in [0, 0.1) is 5.41 Å². The number of carbonyl (C=O) groups excluding carboxylic acids is 1. The summed E-state index contributed by atoms with van der Waals surface area (Å²) >= 11 is 1.65. The van der Waals surface area contributed by atoms with Crippen LogP contribution < -0.4 is 5.32 Å². The molecule has 0 amide bonds. The van der Waals surface area contributed by atoms with Crippen LogP contribution in [0.3, 0.4) is 0 Å². The maximum atomic E-state index is 11.5. The van der Waals surface area contributed by atoms with Crippen molar-refractivity contribution < 1.29 is 9.53 Å². The van der Waals surface area contributed by atoms with Gasteiger partial charge in [0.05, 0.1) is 18.7 Å². The summed E-state index contributed by atoms with van der Waals surface area (Å²) in [6, 6.07) is 6.57. The van der Waals surface area contributed by atoms with E-state index < -0.39 is 0 Å². The van der Waals surface area contributed by atoms with Gasteiger partial charge < -0.3 is 10.1 Å². The number of hydrogen-bond donors (Lipinski definition) is 1. The van der Waals surface area contributed by atoms with E-state index in [9.17, 15) is 4.79 Å². The average molecular weight is 368 g/mol. The van der Waals surface area contributed by atoms with Gasteiger partial charge in [-0.05, 0) is 43.6 Å². The third-order valence-corrected chi connectivity index (χ3v) is 6.62. The van der Waals surface area contributed by atoms with E-state index in [-0.39, 0.29) is 11.4 Å². The highest BCUT2D eigenvalue weighted by Crippen LogP contribution is 2.43. The first-order chi connectivity index (χ1) is 12.7. The first-order valence-electron chi connectivity index (χ1n) is 8.96. The molecule has 26 heavy (non-hydrogen) atoms. The van der Waals surface area contributed by atoms with Crippen LogP contribution in [0.5, 0.6) is 0 Å². The van der Waals surface area contributed by atoms with Crippen LogP contribution in [-0.4, -0.2) is 40.5 Å². The SMILES string of the molecule is O=C1CC2(CCN(Cc3ccc4c(c3)Nc3nccnc3S4)CC2)CO1. The number of benzene rings is 1. The molecule has 0 radical (unpaired) electrons. The molecule has 4 heterocycles. The molecule has 0 saturated carbocycles. The van der Waals surface area contributed by atoms with Gasteiger partial charge in [0.1, 0.15) is 5.03 Å². The first-order valence-corrected chi connectivity index (χ1v) is 9.78. The zero-order valence-electron chi connectivity index (χ0n) is 14.4. The highest BCUT2D eigenvalue weighted by Gasteiger charge is 2.42. The number of rotatable bonds is 2. The molecule has 0 atom stereocenters. The second-order valence-corrected chi connectivity index (χ2v) is 8.41. The van der Waals surface area contributed by atoms with E-state index >= 15 is 0 Å². The molecule has 5 rings (SSSR count). The molecule has 134 valence electrons. The van der Waals surface area contributed by atoms with Gasteiger partial charge in [0, 0.05) is 29.2 Å². The minimum Gasteiger partial charge on any atom is -0.465 e. The highest BCUT2D eigenvalue weighted by molar-refractivity contribution is 7.99. The second kappa shape index (κ2) is 6.25. The van der Waals surface area contributed by atoms with E-state index in [1.54, 1.807) is 24.2 Å². The summed E-state index contributed by atoms with van der Waals surface area (Å²) < 4.78 is 5.21. The Labute approximate surface area is 156 Å². The minimum atomic E-state index is -0.0277. The summed E-state index contributed by atoms with van der Waals surface area (Å²) in [6.07, 6.45) is 6.12. The predicted octanol–water partition coefficient (Wildman–Crippen LogP) is 3.21. The summed E-state index contributed by atoms with van der Waals surface area (Å²) in [7, 11) is 0.